The Morgan fingerprint density at radius 1 is 1.29 bits per heavy atom. The fourth-order valence-electron chi connectivity index (χ4n) is 1.67. The van der Waals surface area contributed by atoms with E-state index in [4.69, 9.17) is 4.74 Å². The van der Waals surface area contributed by atoms with E-state index >= 15 is 0 Å². The highest BCUT2D eigenvalue weighted by molar-refractivity contribution is 5.75. The van der Waals surface area contributed by atoms with Crippen molar-refractivity contribution in [1.29, 1.82) is 0 Å². The Bertz CT molecular complexity index is 324. The molecule has 0 aliphatic heterocycles. The van der Waals surface area contributed by atoms with Gasteiger partial charge < -0.3 is 10.1 Å². The molecule has 1 N–H and O–H groups in total. The van der Waals surface area contributed by atoms with E-state index in [0.29, 0.717) is 6.61 Å². The number of benzene rings is 1. The monoisotopic (exact) mass is 235 g/mol. The van der Waals surface area contributed by atoms with Gasteiger partial charge >= 0.3 is 5.97 Å². The van der Waals surface area contributed by atoms with Crippen LogP contribution in [0.1, 0.15) is 25.8 Å². The quantitative estimate of drug-likeness (QED) is 0.736. The van der Waals surface area contributed by atoms with E-state index < -0.39 is 0 Å². The van der Waals surface area contributed by atoms with Crippen LogP contribution in [0.25, 0.3) is 0 Å². The third kappa shape index (κ3) is 5.00. The van der Waals surface area contributed by atoms with Crippen LogP contribution in [0.15, 0.2) is 30.3 Å². The van der Waals surface area contributed by atoms with E-state index in [-0.39, 0.29) is 12.0 Å². The molecular weight excluding hydrogens is 214 g/mol. The van der Waals surface area contributed by atoms with Crippen LogP contribution >= 0.6 is 0 Å². The van der Waals surface area contributed by atoms with Crippen LogP contribution in [0, 0.1) is 0 Å². The Balaban J connectivity index is 2.31. The van der Waals surface area contributed by atoms with Crippen molar-refractivity contribution in [2.75, 3.05) is 13.2 Å². The molecule has 1 unspecified atom stereocenters. The maximum absolute atomic E-state index is 11.5. The van der Waals surface area contributed by atoms with E-state index in [1.165, 1.54) is 5.56 Å². The molecule has 0 aromatic heterocycles. The molecule has 17 heavy (non-hydrogen) atoms. The van der Waals surface area contributed by atoms with Crippen LogP contribution in [-0.4, -0.2) is 25.2 Å². The molecule has 0 saturated heterocycles. The Morgan fingerprint density at radius 2 is 2.00 bits per heavy atom. The highest BCUT2D eigenvalue weighted by Crippen LogP contribution is 2.00. The second-order valence-corrected chi connectivity index (χ2v) is 3.90. The average Bonchev–Trinajstić information content (AvgIpc) is 2.36. The molecule has 0 spiro atoms. The third-order valence-electron chi connectivity index (χ3n) is 2.63. The minimum atomic E-state index is -0.182. The smallest absolute Gasteiger partial charge is 0.323 e. The highest BCUT2D eigenvalue weighted by Gasteiger charge is 2.15. The topological polar surface area (TPSA) is 38.3 Å². The fraction of sp³-hybridized carbons (Fsp3) is 0.500. The van der Waals surface area contributed by atoms with E-state index in [2.05, 4.69) is 17.4 Å². The Labute approximate surface area is 103 Å². The maximum atomic E-state index is 11.5. The lowest BCUT2D eigenvalue weighted by atomic mass is 10.1. The molecule has 0 bridgehead atoms. The first-order valence-electron chi connectivity index (χ1n) is 6.21. The number of esters is 1. The molecule has 0 heterocycles. The zero-order valence-corrected chi connectivity index (χ0v) is 10.6. The van der Waals surface area contributed by atoms with Crippen molar-refractivity contribution in [3.63, 3.8) is 0 Å². The first-order chi connectivity index (χ1) is 8.27. The summed E-state index contributed by atoms with van der Waals surface area (Å²) >= 11 is 0. The Kier molecular flexibility index (Phi) is 6.33. The van der Waals surface area contributed by atoms with Crippen molar-refractivity contribution in [1.82, 2.24) is 5.32 Å². The predicted octanol–water partition coefficient (Wildman–Crippen LogP) is 2.16. The van der Waals surface area contributed by atoms with Gasteiger partial charge in [0.25, 0.3) is 0 Å². The number of hydrogen-bond donors (Lipinski definition) is 1. The average molecular weight is 235 g/mol. The van der Waals surface area contributed by atoms with Crippen molar-refractivity contribution >= 4 is 5.97 Å². The lowest BCUT2D eigenvalue weighted by Gasteiger charge is -2.15. The van der Waals surface area contributed by atoms with Gasteiger partial charge in [-0.15, -0.1) is 0 Å². The molecule has 0 aliphatic carbocycles. The molecule has 94 valence electrons. The third-order valence-corrected chi connectivity index (χ3v) is 2.63. The number of hydrogen-bond acceptors (Lipinski definition) is 3. The second-order valence-electron chi connectivity index (χ2n) is 3.90. The standard InChI is InChI=1S/C14H21NO2/c1-3-13(14(16)17-4-2)15-11-10-12-8-6-5-7-9-12/h5-9,13,15H,3-4,10-11H2,1-2H3. The van der Waals surface area contributed by atoms with Crippen LogP contribution in [0.5, 0.6) is 0 Å². The number of nitrogens with one attached hydrogen (secondary N) is 1. The summed E-state index contributed by atoms with van der Waals surface area (Å²) in [5.74, 6) is -0.150. The van der Waals surface area contributed by atoms with Crippen LogP contribution in [-0.2, 0) is 16.0 Å². The van der Waals surface area contributed by atoms with E-state index in [0.717, 1.165) is 19.4 Å². The summed E-state index contributed by atoms with van der Waals surface area (Å²) in [6.07, 6.45) is 1.68. The molecule has 1 atom stereocenters. The summed E-state index contributed by atoms with van der Waals surface area (Å²) in [7, 11) is 0. The SMILES string of the molecule is CCOC(=O)C(CC)NCCc1ccccc1. The van der Waals surface area contributed by atoms with Crippen molar-refractivity contribution < 1.29 is 9.53 Å². The summed E-state index contributed by atoms with van der Waals surface area (Å²) in [6, 6.07) is 10.1. The van der Waals surface area contributed by atoms with Crippen LogP contribution in [0.4, 0.5) is 0 Å². The lowest BCUT2D eigenvalue weighted by Crippen LogP contribution is -2.38. The van der Waals surface area contributed by atoms with Crippen molar-refractivity contribution in [3.8, 4) is 0 Å². The largest absolute Gasteiger partial charge is 0.465 e. The molecule has 0 aliphatic rings. The van der Waals surface area contributed by atoms with Gasteiger partial charge in [0.1, 0.15) is 6.04 Å². The van der Waals surface area contributed by atoms with Crippen LogP contribution < -0.4 is 5.32 Å². The summed E-state index contributed by atoms with van der Waals surface area (Å²) < 4.78 is 5.00. The van der Waals surface area contributed by atoms with Crippen molar-refractivity contribution in [3.05, 3.63) is 35.9 Å². The van der Waals surface area contributed by atoms with Gasteiger partial charge in [-0.2, -0.15) is 0 Å². The van der Waals surface area contributed by atoms with Gasteiger partial charge in [-0.05, 0) is 31.9 Å². The molecule has 0 radical (unpaired) electrons. The number of rotatable bonds is 7. The normalized spacial score (nSPS) is 12.1. The predicted molar refractivity (Wildman–Crippen MR) is 68.9 cm³/mol. The summed E-state index contributed by atoms with van der Waals surface area (Å²) in [5.41, 5.74) is 1.28. The van der Waals surface area contributed by atoms with Gasteiger partial charge in [0, 0.05) is 0 Å². The molecule has 0 amide bonds. The molecule has 3 heteroatoms. The van der Waals surface area contributed by atoms with Crippen LogP contribution in [0.2, 0.25) is 0 Å². The number of carbonyl (C=O) groups excluding carboxylic acids is 1. The van der Waals surface area contributed by atoms with E-state index in [9.17, 15) is 4.79 Å². The lowest BCUT2D eigenvalue weighted by molar-refractivity contribution is -0.145. The fourth-order valence-corrected chi connectivity index (χ4v) is 1.67. The van der Waals surface area contributed by atoms with Crippen molar-refractivity contribution in [2.45, 2.75) is 32.7 Å². The van der Waals surface area contributed by atoms with E-state index in [1.54, 1.807) is 0 Å². The molecular formula is C14H21NO2. The minimum Gasteiger partial charge on any atom is -0.465 e. The zero-order valence-electron chi connectivity index (χ0n) is 10.6. The van der Waals surface area contributed by atoms with Crippen LogP contribution in [0.3, 0.4) is 0 Å². The molecule has 3 nitrogen and oxygen atoms in total. The molecule has 1 rings (SSSR count). The molecule has 1 aromatic rings. The second kappa shape index (κ2) is 7.85. The van der Waals surface area contributed by atoms with Crippen molar-refractivity contribution in [2.24, 2.45) is 0 Å². The Hall–Kier alpha value is -1.35. The van der Waals surface area contributed by atoms with Gasteiger partial charge in [0.05, 0.1) is 6.61 Å². The summed E-state index contributed by atoms with van der Waals surface area (Å²) in [4.78, 5) is 11.5. The first-order valence-corrected chi connectivity index (χ1v) is 6.21. The highest BCUT2D eigenvalue weighted by atomic mass is 16.5. The van der Waals surface area contributed by atoms with Gasteiger partial charge in [-0.1, -0.05) is 37.3 Å². The van der Waals surface area contributed by atoms with Gasteiger partial charge in [-0.25, -0.2) is 0 Å². The van der Waals surface area contributed by atoms with Gasteiger partial charge in [0.2, 0.25) is 0 Å². The summed E-state index contributed by atoms with van der Waals surface area (Å²) in [5, 5.41) is 3.23. The first kappa shape index (κ1) is 13.7. The van der Waals surface area contributed by atoms with Gasteiger partial charge in [0.15, 0.2) is 0 Å². The summed E-state index contributed by atoms with van der Waals surface area (Å²) in [6.45, 7) is 5.04. The number of ether oxygens (including phenoxy) is 1. The maximum Gasteiger partial charge on any atom is 0.323 e. The molecule has 0 saturated carbocycles. The zero-order chi connectivity index (χ0) is 12.5. The number of carbonyl (C=O) groups is 1. The van der Waals surface area contributed by atoms with Gasteiger partial charge in [-0.3, -0.25) is 4.79 Å². The van der Waals surface area contributed by atoms with E-state index in [1.807, 2.05) is 32.0 Å². The molecule has 1 aromatic carbocycles. The molecule has 0 fully saturated rings. The minimum absolute atomic E-state index is 0.150. The Morgan fingerprint density at radius 3 is 2.59 bits per heavy atom.